The number of hydrogen-bond acceptors (Lipinski definition) is 3. The standard InChI is InChI=1S/C10H25N3/c1-6-13(8-7-11-3)10(2)9-12(4)5/h10-11H,6-9H2,1-5H3. The molecule has 0 aliphatic carbocycles. The van der Waals surface area contributed by atoms with Crippen LogP contribution >= 0.6 is 0 Å². The predicted octanol–water partition coefficient (Wildman–Crippen LogP) is 0.478. The summed E-state index contributed by atoms with van der Waals surface area (Å²) in [6, 6.07) is 0.647. The highest BCUT2D eigenvalue weighted by Crippen LogP contribution is 1.98. The van der Waals surface area contributed by atoms with Crippen molar-refractivity contribution >= 4 is 0 Å². The Labute approximate surface area is 83.1 Å². The maximum absolute atomic E-state index is 3.19. The Morgan fingerprint density at radius 2 is 1.92 bits per heavy atom. The van der Waals surface area contributed by atoms with Crippen LogP contribution in [0.4, 0.5) is 0 Å². The molecule has 0 aliphatic rings. The molecule has 0 radical (unpaired) electrons. The fraction of sp³-hybridized carbons (Fsp3) is 1.00. The molecule has 1 atom stereocenters. The van der Waals surface area contributed by atoms with Gasteiger partial charge in [-0.1, -0.05) is 6.92 Å². The van der Waals surface area contributed by atoms with Crippen molar-refractivity contribution in [1.29, 1.82) is 0 Å². The third-order valence-corrected chi connectivity index (χ3v) is 2.31. The van der Waals surface area contributed by atoms with E-state index in [0.29, 0.717) is 6.04 Å². The molecular weight excluding hydrogens is 162 g/mol. The highest BCUT2D eigenvalue weighted by atomic mass is 15.2. The maximum atomic E-state index is 3.19. The molecule has 0 bridgehead atoms. The Bertz CT molecular complexity index is 115. The lowest BCUT2D eigenvalue weighted by Gasteiger charge is -2.29. The second-order valence-corrected chi connectivity index (χ2v) is 3.84. The first kappa shape index (κ1) is 12.9. The van der Waals surface area contributed by atoms with Gasteiger partial charge in [-0.25, -0.2) is 0 Å². The maximum Gasteiger partial charge on any atom is 0.0195 e. The van der Waals surface area contributed by atoms with Crippen LogP contribution < -0.4 is 5.32 Å². The summed E-state index contributed by atoms with van der Waals surface area (Å²) in [4.78, 5) is 4.74. The summed E-state index contributed by atoms with van der Waals surface area (Å²) in [5.41, 5.74) is 0. The molecule has 0 fully saturated rings. The van der Waals surface area contributed by atoms with Crippen LogP contribution in [-0.4, -0.2) is 63.2 Å². The summed E-state index contributed by atoms with van der Waals surface area (Å²) in [5.74, 6) is 0. The second kappa shape index (κ2) is 7.30. The molecule has 0 aliphatic heterocycles. The minimum atomic E-state index is 0.647. The van der Waals surface area contributed by atoms with E-state index in [4.69, 9.17) is 0 Å². The smallest absolute Gasteiger partial charge is 0.0195 e. The van der Waals surface area contributed by atoms with E-state index in [0.717, 1.165) is 26.2 Å². The SMILES string of the molecule is CCN(CCNC)C(C)CN(C)C. The summed E-state index contributed by atoms with van der Waals surface area (Å²) in [5, 5.41) is 3.19. The Hall–Kier alpha value is -0.120. The third kappa shape index (κ3) is 6.02. The van der Waals surface area contributed by atoms with Crippen LogP contribution in [0.25, 0.3) is 0 Å². The van der Waals surface area contributed by atoms with E-state index in [9.17, 15) is 0 Å². The molecule has 0 aromatic heterocycles. The van der Waals surface area contributed by atoms with Crippen LogP contribution in [0.2, 0.25) is 0 Å². The molecule has 0 amide bonds. The molecule has 3 heteroatoms. The highest BCUT2D eigenvalue weighted by Gasteiger charge is 2.11. The quantitative estimate of drug-likeness (QED) is 0.625. The molecular formula is C10H25N3. The van der Waals surface area contributed by atoms with Crippen molar-refractivity contribution in [3.8, 4) is 0 Å². The number of rotatable bonds is 7. The molecule has 0 aromatic rings. The first-order chi connectivity index (χ1) is 6.11. The predicted molar refractivity (Wildman–Crippen MR) is 59.2 cm³/mol. The summed E-state index contributed by atoms with van der Waals surface area (Å²) >= 11 is 0. The van der Waals surface area contributed by atoms with Crippen LogP contribution in [0.5, 0.6) is 0 Å². The lowest BCUT2D eigenvalue weighted by molar-refractivity contribution is 0.183. The van der Waals surface area contributed by atoms with Crippen molar-refractivity contribution in [3.05, 3.63) is 0 Å². The Morgan fingerprint density at radius 3 is 2.31 bits per heavy atom. The highest BCUT2D eigenvalue weighted by molar-refractivity contribution is 4.68. The van der Waals surface area contributed by atoms with Crippen molar-refractivity contribution < 1.29 is 0 Å². The Kier molecular flexibility index (Phi) is 7.23. The van der Waals surface area contributed by atoms with Crippen LogP contribution in [0.1, 0.15) is 13.8 Å². The molecule has 0 aromatic carbocycles. The normalized spacial score (nSPS) is 14.1. The molecule has 0 saturated carbocycles. The van der Waals surface area contributed by atoms with Crippen LogP contribution in [-0.2, 0) is 0 Å². The fourth-order valence-electron chi connectivity index (χ4n) is 1.59. The van der Waals surface area contributed by atoms with Gasteiger partial charge in [0.05, 0.1) is 0 Å². The van der Waals surface area contributed by atoms with Gasteiger partial charge in [0.2, 0.25) is 0 Å². The topological polar surface area (TPSA) is 18.5 Å². The van der Waals surface area contributed by atoms with Gasteiger partial charge in [0.25, 0.3) is 0 Å². The van der Waals surface area contributed by atoms with Crippen LogP contribution in [0.3, 0.4) is 0 Å². The summed E-state index contributed by atoms with van der Waals surface area (Å²) < 4.78 is 0. The van der Waals surface area contributed by atoms with Gasteiger partial charge in [0.15, 0.2) is 0 Å². The van der Waals surface area contributed by atoms with E-state index < -0.39 is 0 Å². The third-order valence-electron chi connectivity index (χ3n) is 2.31. The number of likely N-dealkylation sites (N-methyl/N-ethyl adjacent to an activating group) is 3. The van der Waals surface area contributed by atoms with Gasteiger partial charge in [-0.2, -0.15) is 0 Å². The van der Waals surface area contributed by atoms with E-state index in [-0.39, 0.29) is 0 Å². The lowest BCUT2D eigenvalue weighted by Crippen LogP contribution is -2.42. The molecule has 0 rings (SSSR count). The van der Waals surface area contributed by atoms with E-state index in [1.54, 1.807) is 0 Å². The molecule has 0 spiro atoms. The fourth-order valence-corrected chi connectivity index (χ4v) is 1.59. The number of nitrogens with one attached hydrogen (secondary N) is 1. The van der Waals surface area contributed by atoms with E-state index in [2.05, 4.69) is 43.1 Å². The molecule has 1 unspecified atom stereocenters. The minimum absolute atomic E-state index is 0.647. The largest absolute Gasteiger partial charge is 0.318 e. The average molecular weight is 187 g/mol. The molecule has 0 saturated heterocycles. The van der Waals surface area contributed by atoms with Gasteiger partial charge in [-0.05, 0) is 34.6 Å². The van der Waals surface area contributed by atoms with Gasteiger partial charge in [0.1, 0.15) is 0 Å². The summed E-state index contributed by atoms with van der Waals surface area (Å²) in [6.45, 7) is 9.00. The number of hydrogen-bond donors (Lipinski definition) is 1. The first-order valence-electron chi connectivity index (χ1n) is 5.15. The van der Waals surface area contributed by atoms with Crippen molar-refractivity contribution in [3.63, 3.8) is 0 Å². The molecule has 80 valence electrons. The molecule has 0 heterocycles. The van der Waals surface area contributed by atoms with Crippen molar-refractivity contribution in [1.82, 2.24) is 15.1 Å². The molecule has 13 heavy (non-hydrogen) atoms. The van der Waals surface area contributed by atoms with Gasteiger partial charge in [-0.3, -0.25) is 4.90 Å². The second-order valence-electron chi connectivity index (χ2n) is 3.84. The van der Waals surface area contributed by atoms with Crippen molar-refractivity contribution in [2.45, 2.75) is 19.9 Å². The molecule has 3 nitrogen and oxygen atoms in total. The van der Waals surface area contributed by atoms with E-state index >= 15 is 0 Å². The zero-order valence-corrected chi connectivity index (χ0v) is 9.80. The Balaban J connectivity index is 3.77. The molecule has 1 N–H and O–H groups in total. The average Bonchev–Trinajstić information content (AvgIpc) is 2.04. The van der Waals surface area contributed by atoms with E-state index in [1.165, 1.54) is 0 Å². The minimum Gasteiger partial charge on any atom is -0.318 e. The summed E-state index contributed by atoms with van der Waals surface area (Å²) in [7, 11) is 6.26. The number of nitrogens with zero attached hydrogens (tertiary/aromatic N) is 2. The zero-order valence-electron chi connectivity index (χ0n) is 9.80. The van der Waals surface area contributed by atoms with E-state index in [1.807, 2.05) is 7.05 Å². The van der Waals surface area contributed by atoms with Crippen molar-refractivity contribution in [2.75, 3.05) is 47.3 Å². The van der Waals surface area contributed by atoms with Gasteiger partial charge < -0.3 is 10.2 Å². The van der Waals surface area contributed by atoms with Crippen LogP contribution in [0, 0.1) is 0 Å². The first-order valence-corrected chi connectivity index (χ1v) is 5.15. The van der Waals surface area contributed by atoms with Crippen molar-refractivity contribution in [2.24, 2.45) is 0 Å². The monoisotopic (exact) mass is 187 g/mol. The van der Waals surface area contributed by atoms with Crippen LogP contribution in [0.15, 0.2) is 0 Å². The van der Waals surface area contributed by atoms with Gasteiger partial charge in [-0.15, -0.1) is 0 Å². The van der Waals surface area contributed by atoms with Gasteiger partial charge in [0, 0.05) is 25.7 Å². The Morgan fingerprint density at radius 1 is 1.31 bits per heavy atom. The zero-order chi connectivity index (χ0) is 10.3. The summed E-state index contributed by atoms with van der Waals surface area (Å²) in [6.07, 6.45) is 0. The van der Waals surface area contributed by atoms with Gasteiger partial charge >= 0.3 is 0 Å². The lowest BCUT2D eigenvalue weighted by atomic mass is 10.2.